The number of halogens is 2. The molecule has 0 spiro atoms. The van der Waals surface area contributed by atoms with E-state index in [9.17, 15) is 19.2 Å². The van der Waals surface area contributed by atoms with E-state index in [1.807, 2.05) is 0 Å². The van der Waals surface area contributed by atoms with Crippen LogP contribution in [0.5, 0.6) is 0 Å². The van der Waals surface area contributed by atoms with E-state index in [0.29, 0.717) is 19.7 Å². The van der Waals surface area contributed by atoms with Crippen LogP contribution in [0, 0.1) is 0 Å². The largest absolute Gasteiger partial charge is 0.286 e. The molecule has 0 bridgehead atoms. The average molecular weight is 396 g/mol. The number of fused-ring (bicyclic) bond motifs is 2. The minimum absolute atomic E-state index is 0.204. The first-order valence-electron chi connectivity index (χ1n) is 5.52. The fraction of sp³-hybridized carbons (Fsp3) is 0. The van der Waals surface area contributed by atoms with Crippen molar-refractivity contribution < 1.29 is 0 Å². The van der Waals surface area contributed by atoms with Gasteiger partial charge >= 0.3 is 0 Å². The lowest BCUT2D eigenvalue weighted by Gasteiger charge is -2.07. The Morgan fingerprint density at radius 1 is 0.600 bits per heavy atom. The quantitative estimate of drug-likeness (QED) is 0.430. The summed E-state index contributed by atoms with van der Waals surface area (Å²) in [5.41, 5.74) is -2.52. The summed E-state index contributed by atoms with van der Waals surface area (Å²) in [6.45, 7) is 0. The molecule has 0 saturated carbocycles. The second-order valence-electron chi connectivity index (χ2n) is 4.26. The molecule has 0 aromatic heterocycles. The molecule has 3 aromatic carbocycles. The molecule has 0 aliphatic rings. The van der Waals surface area contributed by atoms with Gasteiger partial charge in [-0.1, -0.05) is 0 Å². The van der Waals surface area contributed by atoms with Crippen molar-refractivity contribution in [1.29, 1.82) is 0 Å². The van der Waals surface area contributed by atoms with Crippen molar-refractivity contribution in [2.24, 2.45) is 0 Å². The van der Waals surface area contributed by atoms with E-state index in [2.05, 4.69) is 31.9 Å². The van der Waals surface area contributed by atoms with Crippen LogP contribution in [-0.2, 0) is 0 Å². The molecule has 0 aliphatic heterocycles. The highest BCUT2D eigenvalue weighted by atomic mass is 79.9. The highest BCUT2D eigenvalue weighted by Crippen LogP contribution is 2.35. The van der Waals surface area contributed by atoms with E-state index in [-0.39, 0.29) is 10.8 Å². The third-order valence-corrected chi connectivity index (χ3v) is 4.80. The van der Waals surface area contributed by atoms with Gasteiger partial charge in [-0.25, -0.2) is 0 Å². The summed E-state index contributed by atoms with van der Waals surface area (Å²) in [5, 5.41) is 1.26. The Bertz CT molecular complexity index is 1000. The van der Waals surface area contributed by atoms with Gasteiger partial charge in [-0.2, -0.15) is 0 Å². The van der Waals surface area contributed by atoms with Crippen molar-refractivity contribution in [3.8, 4) is 0 Å². The first kappa shape index (κ1) is 13.3. The van der Waals surface area contributed by atoms with E-state index in [1.165, 1.54) is 12.1 Å². The van der Waals surface area contributed by atoms with E-state index < -0.39 is 21.7 Å². The molecule has 0 heterocycles. The fourth-order valence-electron chi connectivity index (χ4n) is 2.20. The molecule has 0 amide bonds. The number of hydrogen-bond acceptors (Lipinski definition) is 4. The van der Waals surface area contributed by atoms with Crippen molar-refractivity contribution in [2.75, 3.05) is 0 Å². The minimum atomic E-state index is -0.643. The monoisotopic (exact) mass is 394 g/mol. The summed E-state index contributed by atoms with van der Waals surface area (Å²) >= 11 is 6.52. The van der Waals surface area contributed by atoms with E-state index in [0.717, 1.165) is 12.1 Å². The third-order valence-electron chi connectivity index (χ3n) is 3.16. The molecule has 98 valence electrons. The molecule has 0 fully saturated rings. The third kappa shape index (κ3) is 1.65. The topological polar surface area (TPSA) is 68.3 Å². The molecule has 0 saturated heterocycles. The lowest BCUT2D eigenvalue weighted by molar-refractivity contribution is 1.50. The Morgan fingerprint density at radius 3 is 1.30 bits per heavy atom. The highest BCUT2D eigenvalue weighted by Gasteiger charge is 2.17. The minimum Gasteiger partial charge on any atom is -0.286 e. The second-order valence-corrected chi connectivity index (χ2v) is 5.84. The summed E-state index contributed by atoms with van der Waals surface area (Å²) in [7, 11) is 0. The lowest BCUT2D eigenvalue weighted by atomic mass is 10.0. The van der Waals surface area contributed by atoms with Crippen LogP contribution in [0.3, 0.4) is 0 Å². The number of benzene rings is 3. The maximum absolute atomic E-state index is 12.0. The van der Waals surface area contributed by atoms with Gasteiger partial charge in [0.05, 0.1) is 0 Å². The molecule has 3 aromatic rings. The number of hydrogen-bond donors (Lipinski definition) is 0. The van der Waals surface area contributed by atoms with Gasteiger partial charge in [-0.05, 0) is 56.1 Å². The molecular weight excluding hydrogens is 392 g/mol. The first-order valence-corrected chi connectivity index (χ1v) is 7.10. The van der Waals surface area contributed by atoms with Crippen molar-refractivity contribution in [3.05, 3.63) is 74.1 Å². The smallest absolute Gasteiger partial charge is 0.234 e. The van der Waals surface area contributed by atoms with Gasteiger partial charge < -0.3 is 0 Å². The van der Waals surface area contributed by atoms with Crippen LogP contribution in [0.25, 0.3) is 21.5 Å². The fourth-order valence-corrected chi connectivity index (χ4v) is 3.65. The molecule has 3 rings (SSSR count). The first-order chi connectivity index (χ1) is 9.43. The van der Waals surface area contributed by atoms with Gasteiger partial charge in [0.15, 0.2) is 0 Å². The highest BCUT2D eigenvalue weighted by molar-refractivity contribution is 9.11. The van der Waals surface area contributed by atoms with Crippen molar-refractivity contribution in [1.82, 2.24) is 0 Å². The SMILES string of the molecule is O=c1ccc2c(Br)c3c(=O)c(=O)ccc3c(Br)c2c1=O. The molecule has 0 aliphatic carbocycles. The summed E-state index contributed by atoms with van der Waals surface area (Å²) in [6, 6.07) is 5.23. The van der Waals surface area contributed by atoms with Crippen LogP contribution >= 0.6 is 31.9 Å². The van der Waals surface area contributed by atoms with Crippen LogP contribution in [0.15, 0.2) is 52.4 Å². The standard InChI is InChI=1S/C14H4Br2O4/c15-11-5-1-3-7(17)13(19)9(5)12(16)6-2-4-8(18)14(20)10(6)11/h1-4H. The van der Waals surface area contributed by atoms with Gasteiger partial charge in [0.25, 0.3) is 0 Å². The molecule has 20 heavy (non-hydrogen) atoms. The molecule has 6 heteroatoms. The van der Waals surface area contributed by atoms with Crippen LogP contribution in [0.1, 0.15) is 0 Å². The van der Waals surface area contributed by atoms with Gasteiger partial charge in [0.1, 0.15) is 0 Å². The Labute approximate surface area is 127 Å². The molecular formula is C14H4Br2O4. The molecule has 4 nitrogen and oxygen atoms in total. The Hall–Kier alpha value is -1.66. The normalized spacial score (nSPS) is 11.3. The Morgan fingerprint density at radius 2 is 0.950 bits per heavy atom. The molecule has 0 N–H and O–H groups in total. The lowest BCUT2D eigenvalue weighted by Crippen LogP contribution is -2.25. The Kier molecular flexibility index (Phi) is 2.95. The van der Waals surface area contributed by atoms with Crippen LogP contribution < -0.4 is 21.7 Å². The predicted octanol–water partition coefficient (Wildman–Crippen LogP) is 1.83. The van der Waals surface area contributed by atoms with Crippen LogP contribution in [0.2, 0.25) is 0 Å². The van der Waals surface area contributed by atoms with Crippen molar-refractivity contribution in [3.63, 3.8) is 0 Å². The Balaban J connectivity index is 2.84. The summed E-state index contributed by atoms with van der Waals surface area (Å²) < 4.78 is 0.705. The maximum atomic E-state index is 12.0. The average Bonchev–Trinajstić information content (AvgIpc) is 2.42. The van der Waals surface area contributed by atoms with Gasteiger partial charge in [-0.15, -0.1) is 0 Å². The predicted molar refractivity (Wildman–Crippen MR) is 84.3 cm³/mol. The zero-order valence-corrected chi connectivity index (χ0v) is 12.9. The van der Waals surface area contributed by atoms with Gasteiger partial charge in [0, 0.05) is 30.5 Å². The summed E-state index contributed by atoms with van der Waals surface area (Å²) in [5.74, 6) is 0. The maximum Gasteiger partial charge on any atom is 0.234 e. The van der Waals surface area contributed by atoms with Gasteiger partial charge in [0.2, 0.25) is 21.7 Å². The van der Waals surface area contributed by atoms with Crippen LogP contribution in [0.4, 0.5) is 0 Å². The molecule has 0 unspecified atom stereocenters. The zero-order chi connectivity index (χ0) is 14.6. The molecule has 0 atom stereocenters. The van der Waals surface area contributed by atoms with Gasteiger partial charge in [-0.3, -0.25) is 19.2 Å². The number of rotatable bonds is 0. The van der Waals surface area contributed by atoms with E-state index >= 15 is 0 Å². The second kappa shape index (κ2) is 4.43. The van der Waals surface area contributed by atoms with Crippen molar-refractivity contribution in [2.45, 2.75) is 0 Å². The zero-order valence-electron chi connectivity index (χ0n) is 9.70. The molecule has 0 radical (unpaired) electrons. The summed E-state index contributed by atoms with van der Waals surface area (Å²) in [6.07, 6.45) is 0. The van der Waals surface area contributed by atoms with E-state index in [4.69, 9.17) is 0 Å². The summed E-state index contributed by atoms with van der Waals surface area (Å²) in [4.78, 5) is 47.0. The van der Waals surface area contributed by atoms with Crippen LogP contribution in [-0.4, -0.2) is 0 Å². The van der Waals surface area contributed by atoms with Crippen molar-refractivity contribution >= 4 is 53.4 Å². The van der Waals surface area contributed by atoms with E-state index in [1.54, 1.807) is 0 Å².